The van der Waals surface area contributed by atoms with E-state index in [1.165, 1.54) is 43.5 Å². The van der Waals surface area contributed by atoms with Gasteiger partial charge in [-0.15, -0.1) is 0 Å². The molecule has 0 saturated carbocycles. The second kappa shape index (κ2) is 15.2. The number of carbonyl (C=O) groups excluding carboxylic acids is 2. The number of primary amides is 1. The van der Waals surface area contributed by atoms with Gasteiger partial charge < -0.3 is 15.7 Å². The summed E-state index contributed by atoms with van der Waals surface area (Å²) in [5, 5.41) is 8.27. The van der Waals surface area contributed by atoms with E-state index in [0.717, 1.165) is 25.9 Å². The number of carboxylic acids is 1. The average molecular weight is 554 g/mol. The van der Waals surface area contributed by atoms with Gasteiger partial charge in [0, 0.05) is 24.0 Å². The Hall–Kier alpha value is -3.47. The van der Waals surface area contributed by atoms with Gasteiger partial charge in [-0.25, -0.2) is 22.4 Å². The van der Waals surface area contributed by atoms with Gasteiger partial charge >= 0.3 is 12.0 Å². The zero-order valence-corrected chi connectivity index (χ0v) is 22.2. The van der Waals surface area contributed by atoms with Crippen molar-refractivity contribution in [2.75, 3.05) is 25.0 Å². The van der Waals surface area contributed by atoms with E-state index in [1.807, 2.05) is 7.05 Å². The highest BCUT2D eigenvalue weighted by molar-refractivity contribution is 6.02. The number of Topliss-reactive ketones (excluding diaryl/α,β-unsaturated/α-hetero) is 1. The summed E-state index contributed by atoms with van der Waals surface area (Å²) >= 11 is 0. The van der Waals surface area contributed by atoms with Crippen molar-refractivity contribution in [2.24, 2.45) is 11.7 Å². The number of anilines is 2. The lowest BCUT2D eigenvalue weighted by atomic mass is 9.89. The number of ketones is 1. The topological polar surface area (TPSA) is 104 Å². The van der Waals surface area contributed by atoms with Crippen molar-refractivity contribution in [2.45, 2.75) is 58.3 Å². The Labute approximate surface area is 225 Å². The Morgan fingerprint density at radius 1 is 0.974 bits per heavy atom. The summed E-state index contributed by atoms with van der Waals surface area (Å²) in [7, 11) is 1.96. The van der Waals surface area contributed by atoms with E-state index in [2.05, 4.69) is 11.8 Å². The van der Waals surface area contributed by atoms with E-state index in [9.17, 15) is 31.9 Å². The summed E-state index contributed by atoms with van der Waals surface area (Å²) in [6, 6.07) is 4.69. The molecule has 1 aliphatic heterocycles. The summed E-state index contributed by atoms with van der Waals surface area (Å²) in [5.41, 5.74) is 4.58. The number of carboxylic acid groups (broad SMARTS) is 1. The fraction of sp³-hybridized carbons (Fsp3) is 0.464. The van der Waals surface area contributed by atoms with Crippen LogP contribution < -0.4 is 10.6 Å². The molecule has 2 aromatic rings. The van der Waals surface area contributed by atoms with Crippen LogP contribution in [0.3, 0.4) is 0 Å². The maximum Gasteiger partial charge on any atom is 0.323 e. The predicted molar refractivity (Wildman–Crippen MR) is 140 cm³/mol. The Morgan fingerprint density at radius 2 is 1.62 bits per heavy atom. The van der Waals surface area contributed by atoms with E-state index in [0.29, 0.717) is 30.2 Å². The van der Waals surface area contributed by atoms with Gasteiger partial charge in [-0.05, 0) is 51.5 Å². The van der Waals surface area contributed by atoms with Gasteiger partial charge in [0.25, 0.3) is 0 Å². The molecule has 0 radical (unpaired) electrons. The number of rotatable bonds is 10. The number of nitrogens with two attached hydrogens (primary N) is 1. The van der Waals surface area contributed by atoms with Crippen LogP contribution in [0, 0.1) is 29.2 Å². The van der Waals surface area contributed by atoms with Crippen LogP contribution in [0.1, 0.15) is 68.6 Å². The quantitative estimate of drug-likeness (QED) is 0.116. The second-order valence-electron chi connectivity index (χ2n) is 9.54. The highest BCUT2D eigenvalue weighted by atomic mass is 19.2. The smallest absolute Gasteiger partial charge is 0.323 e. The first-order valence-corrected chi connectivity index (χ1v) is 12.9. The van der Waals surface area contributed by atoms with Crippen molar-refractivity contribution in [1.82, 2.24) is 4.90 Å². The number of carbonyl (C=O) groups is 3. The Kier molecular flexibility index (Phi) is 12.4. The van der Waals surface area contributed by atoms with Gasteiger partial charge in [0.1, 0.15) is 0 Å². The Morgan fingerprint density at radius 3 is 2.21 bits per heavy atom. The number of amides is 2. The molecule has 1 saturated heterocycles. The molecule has 0 aromatic heterocycles. The molecule has 0 unspecified atom stereocenters. The number of hydrogen-bond acceptors (Lipinski definition) is 4. The molecule has 3 N–H and O–H groups in total. The van der Waals surface area contributed by atoms with E-state index in [1.54, 1.807) is 0 Å². The molecule has 7 nitrogen and oxygen atoms in total. The minimum absolute atomic E-state index is 0.0689. The number of benzene rings is 2. The van der Waals surface area contributed by atoms with Crippen LogP contribution in [0.5, 0.6) is 0 Å². The third kappa shape index (κ3) is 9.05. The molecular weight excluding hydrogens is 518 g/mol. The summed E-state index contributed by atoms with van der Waals surface area (Å²) in [6.45, 7) is 3.68. The molecule has 1 aliphatic rings. The van der Waals surface area contributed by atoms with Crippen LogP contribution in [0.25, 0.3) is 0 Å². The summed E-state index contributed by atoms with van der Waals surface area (Å²) < 4.78 is 54.8. The number of halogens is 4. The Bertz CT molecular complexity index is 1150. The summed E-state index contributed by atoms with van der Waals surface area (Å²) in [5.74, 6) is -8.54. The maximum absolute atomic E-state index is 14.2. The van der Waals surface area contributed by atoms with Gasteiger partial charge in [-0.2, -0.15) is 0 Å². The lowest BCUT2D eigenvalue weighted by Crippen LogP contribution is -2.34. The molecule has 0 bridgehead atoms. The number of urea groups is 1. The second-order valence-corrected chi connectivity index (χ2v) is 9.54. The molecule has 0 aliphatic carbocycles. The van der Waals surface area contributed by atoms with E-state index < -0.39 is 41.0 Å². The van der Waals surface area contributed by atoms with Crippen LogP contribution >= 0.6 is 0 Å². The third-order valence-electron chi connectivity index (χ3n) is 6.52. The van der Waals surface area contributed by atoms with Crippen molar-refractivity contribution in [3.8, 4) is 0 Å². The lowest BCUT2D eigenvalue weighted by molar-refractivity contribution is -0.137. The molecule has 1 heterocycles. The molecule has 2 amide bonds. The van der Waals surface area contributed by atoms with E-state index >= 15 is 0 Å². The highest BCUT2D eigenvalue weighted by Gasteiger charge is 2.28. The van der Waals surface area contributed by atoms with Crippen LogP contribution in [0.15, 0.2) is 30.3 Å². The summed E-state index contributed by atoms with van der Waals surface area (Å²) in [4.78, 5) is 37.4. The molecule has 3 rings (SSSR count). The van der Waals surface area contributed by atoms with Crippen LogP contribution in [0.4, 0.5) is 33.7 Å². The Balaban J connectivity index is 0.000000455. The molecule has 1 fully saturated rings. The van der Waals surface area contributed by atoms with Crippen molar-refractivity contribution < 1.29 is 37.1 Å². The first-order chi connectivity index (χ1) is 18.5. The number of likely N-dealkylation sites (tertiary alicyclic amines) is 1. The van der Waals surface area contributed by atoms with Crippen LogP contribution in [-0.4, -0.2) is 47.9 Å². The van der Waals surface area contributed by atoms with Crippen molar-refractivity contribution in [3.05, 3.63) is 59.2 Å². The minimum Gasteiger partial charge on any atom is -0.481 e. The number of nitrogens with zero attached hydrogens (tertiary/aromatic N) is 2. The fourth-order valence-electron chi connectivity index (χ4n) is 4.29. The van der Waals surface area contributed by atoms with Gasteiger partial charge in [0.2, 0.25) is 0 Å². The number of hydrogen-bond donors (Lipinski definition) is 2. The molecule has 2 aromatic carbocycles. The molecule has 0 atom stereocenters. The first-order valence-electron chi connectivity index (χ1n) is 12.9. The van der Waals surface area contributed by atoms with Crippen molar-refractivity contribution in [3.63, 3.8) is 0 Å². The zero-order chi connectivity index (χ0) is 29.1. The van der Waals surface area contributed by atoms with Crippen LogP contribution in [0.2, 0.25) is 0 Å². The van der Waals surface area contributed by atoms with E-state index in [-0.39, 0.29) is 23.0 Å². The average Bonchev–Trinajstić information content (AvgIpc) is 2.90. The SMILES string of the molecule is CCCCCCCC(=O)O.CN1CCC(C(=O)c2cccc(N(C(N)=O)c3cc(F)c(F)c(F)c3F)c2)CC1. The molecular formula is C28H35F4N3O4. The van der Waals surface area contributed by atoms with E-state index in [4.69, 9.17) is 10.8 Å². The largest absolute Gasteiger partial charge is 0.481 e. The predicted octanol–water partition coefficient (Wildman–Crippen LogP) is 6.42. The normalized spacial score (nSPS) is 13.9. The molecule has 0 spiro atoms. The van der Waals surface area contributed by atoms with Crippen molar-refractivity contribution >= 4 is 29.2 Å². The van der Waals surface area contributed by atoms with Crippen molar-refractivity contribution in [1.29, 1.82) is 0 Å². The minimum atomic E-state index is -2.06. The van der Waals surface area contributed by atoms with Gasteiger partial charge in [-0.1, -0.05) is 44.7 Å². The first kappa shape index (κ1) is 31.7. The standard InChI is InChI=1S/C20H19F4N3O2.C8H16O2/c1-26-7-5-11(6-8-26)19(28)12-3-2-4-13(9-12)27(20(25)29)15-10-14(21)16(22)18(24)17(15)23;1-2-3-4-5-6-7-8(9)10/h2-4,9-11H,5-8H2,1H3,(H2,25,29);2-7H2,1H3,(H,9,10). The number of aliphatic carboxylic acids is 1. The zero-order valence-electron chi connectivity index (χ0n) is 22.2. The van der Waals surface area contributed by atoms with Gasteiger partial charge in [-0.3, -0.25) is 14.5 Å². The molecule has 39 heavy (non-hydrogen) atoms. The fourth-order valence-corrected chi connectivity index (χ4v) is 4.29. The molecule has 11 heteroatoms. The lowest BCUT2D eigenvalue weighted by Gasteiger charge is -2.28. The highest BCUT2D eigenvalue weighted by Crippen LogP contribution is 2.32. The summed E-state index contributed by atoms with van der Waals surface area (Å²) in [6.07, 6.45) is 7.22. The number of unbranched alkanes of at least 4 members (excludes halogenated alkanes) is 4. The molecule has 214 valence electrons. The van der Waals surface area contributed by atoms with Gasteiger partial charge in [0.15, 0.2) is 29.1 Å². The third-order valence-corrected chi connectivity index (χ3v) is 6.52. The monoisotopic (exact) mass is 553 g/mol. The maximum atomic E-state index is 14.2. The van der Waals surface area contributed by atoms with Gasteiger partial charge in [0.05, 0.1) is 11.4 Å². The number of piperidine rings is 1. The van der Waals surface area contributed by atoms with Crippen LogP contribution in [-0.2, 0) is 4.79 Å².